The van der Waals surface area contributed by atoms with Crippen LogP contribution in [-0.2, 0) is 6.42 Å². The molecule has 0 spiro atoms. The second-order valence-electron chi connectivity index (χ2n) is 5.58. The van der Waals surface area contributed by atoms with Crippen LogP contribution in [0, 0.1) is 5.92 Å². The van der Waals surface area contributed by atoms with Crippen molar-refractivity contribution in [3.05, 3.63) is 23.8 Å². The molecule has 0 saturated heterocycles. The Bertz CT molecular complexity index is 395. The molecular weight excluding hydrogens is 222 g/mol. The highest BCUT2D eigenvalue weighted by Gasteiger charge is 2.31. The van der Waals surface area contributed by atoms with Gasteiger partial charge in [0.25, 0.3) is 0 Å². The molecule has 3 nitrogen and oxygen atoms in total. The van der Waals surface area contributed by atoms with E-state index in [1.54, 1.807) is 0 Å². The Hall–Kier alpha value is -1.22. The van der Waals surface area contributed by atoms with Gasteiger partial charge in [-0.2, -0.15) is 0 Å². The van der Waals surface area contributed by atoms with Crippen molar-refractivity contribution in [3.63, 3.8) is 0 Å². The summed E-state index contributed by atoms with van der Waals surface area (Å²) in [5, 5.41) is 3.10. The average Bonchev–Trinajstić information content (AvgIpc) is 3.13. The molecule has 1 aromatic carbocycles. The van der Waals surface area contributed by atoms with Crippen molar-refractivity contribution in [2.75, 3.05) is 32.2 Å². The van der Waals surface area contributed by atoms with Gasteiger partial charge in [-0.15, -0.1) is 0 Å². The molecule has 1 aliphatic rings. The lowest BCUT2D eigenvalue weighted by molar-refractivity contribution is 0.250. The Morgan fingerprint density at radius 2 is 2.11 bits per heavy atom. The maximum Gasteiger partial charge on any atom is 0.0571 e. The van der Waals surface area contributed by atoms with Crippen molar-refractivity contribution in [1.29, 1.82) is 0 Å². The Labute approximate surface area is 110 Å². The van der Waals surface area contributed by atoms with Crippen molar-refractivity contribution < 1.29 is 0 Å². The standard InChI is InChI=1S/C15H25N3/c1-17-14-8-4-11(10-13(14)16)5-9-15(18(2)3)12-6-7-12/h4,8,10,12,15,17H,5-7,9,16H2,1-3H3. The SMILES string of the molecule is CNc1ccc(CCC(C2CC2)N(C)C)cc1N. The molecule has 0 aromatic heterocycles. The number of aryl methyl sites for hydroxylation is 1. The van der Waals surface area contributed by atoms with Crippen LogP contribution in [0.4, 0.5) is 11.4 Å². The Kier molecular flexibility index (Phi) is 4.12. The van der Waals surface area contributed by atoms with E-state index in [0.717, 1.165) is 29.8 Å². The van der Waals surface area contributed by atoms with Gasteiger partial charge in [-0.1, -0.05) is 6.07 Å². The normalized spacial score (nSPS) is 16.9. The quantitative estimate of drug-likeness (QED) is 0.759. The van der Waals surface area contributed by atoms with Crippen LogP contribution >= 0.6 is 0 Å². The van der Waals surface area contributed by atoms with E-state index in [9.17, 15) is 0 Å². The van der Waals surface area contributed by atoms with Gasteiger partial charge in [-0.3, -0.25) is 0 Å². The number of nitrogens with one attached hydrogen (secondary N) is 1. The molecular formula is C15H25N3. The molecule has 18 heavy (non-hydrogen) atoms. The molecule has 1 unspecified atom stereocenters. The highest BCUT2D eigenvalue weighted by Crippen LogP contribution is 2.36. The molecule has 0 amide bonds. The predicted octanol–water partition coefficient (Wildman–Crippen LogP) is 2.58. The summed E-state index contributed by atoms with van der Waals surface area (Å²) in [6.45, 7) is 0. The molecule has 0 heterocycles. The lowest BCUT2D eigenvalue weighted by atomic mass is 10.0. The van der Waals surface area contributed by atoms with Crippen LogP contribution in [0.3, 0.4) is 0 Å². The number of nitrogen functional groups attached to an aromatic ring is 1. The Morgan fingerprint density at radius 1 is 1.39 bits per heavy atom. The molecule has 1 saturated carbocycles. The number of benzene rings is 1. The summed E-state index contributed by atoms with van der Waals surface area (Å²) in [6.07, 6.45) is 5.16. The van der Waals surface area contributed by atoms with Gasteiger partial charge in [0.15, 0.2) is 0 Å². The zero-order valence-corrected chi connectivity index (χ0v) is 11.7. The molecule has 2 rings (SSSR count). The summed E-state index contributed by atoms with van der Waals surface area (Å²) in [6, 6.07) is 7.09. The van der Waals surface area contributed by atoms with Crippen molar-refractivity contribution in [2.45, 2.75) is 31.7 Å². The number of nitrogens with zero attached hydrogens (tertiary/aromatic N) is 1. The first-order valence-corrected chi connectivity index (χ1v) is 6.84. The van der Waals surface area contributed by atoms with Crippen LogP contribution in [0.5, 0.6) is 0 Å². The Morgan fingerprint density at radius 3 is 2.61 bits per heavy atom. The first kappa shape index (κ1) is 13.2. The molecule has 0 aliphatic heterocycles. The molecule has 0 radical (unpaired) electrons. The fourth-order valence-electron chi connectivity index (χ4n) is 2.71. The number of nitrogens with two attached hydrogens (primary N) is 1. The van der Waals surface area contributed by atoms with Gasteiger partial charge in [-0.25, -0.2) is 0 Å². The third kappa shape index (κ3) is 3.16. The number of rotatable bonds is 6. The van der Waals surface area contributed by atoms with Gasteiger partial charge in [0.2, 0.25) is 0 Å². The van der Waals surface area contributed by atoms with E-state index in [1.165, 1.54) is 24.8 Å². The minimum Gasteiger partial charge on any atom is -0.397 e. The van der Waals surface area contributed by atoms with Gasteiger partial charge in [0.05, 0.1) is 11.4 Å². The highest BCUT2D eigenvalue weighted by atomic mass is 15.1. The van der Waals surface area contributed by atoms with Gasteiger partial charge in [-0.05, 0) is 63.4 Å². The second-order valence-corrected chi connectivity index (χ2v) is 5.58. The largest absolute Gasteiger partial charge is 0.397 e. The summed E-state index contributed by atoms with van der Waals surface area (Å²) in [4.78, 5) is 2.38. The first-order valence-electron chi connectivity index (χ1n) is 6.84. The molecule has 100 valence electrons. The number of hydrogen-bond donors (Lipinski definition) is 2. The summed E-state index contributed by atoms with van der Waals surface area (Å²) in [5.41, 5.74) is 9.21. The molecule has 3 N–H and O–H groups in total. The van der Waals surface area contributed by atoms with Crippen LogP contribution in [0.15, 0.2) is 18.2 Å². The molecule has 3 heteroatoms. The third-order valence-electron chi connectivity index (χ3n) is 3.94. The van der Waals surface area contributed by atoms with E-state index < -0.39 is 0 Å². The fraction of sp³-hybridized carbons (Fsp3) is 0.600. The number of anilines is 2. The smallest absolute Gasteiger partial charge is 0.0571 e. The van der Waals surface area contributed by atoms with Crippen molar-refractivity contribution in [3.8, 4) is 0 Å². The first-order chi connectivity index (χ1) is 8.61. The zero-order chi connectivity index (χ0) is 13.1. The lowest BCUT2D eigenvalue weighted by Gasteiger charge is -2.24. The van der Waals surface area contributed by atoms with Crippen molar-refractivity contribution in [1.82, 2.24) is 4.90 Å². The second kappa shape index (κ2) is 5.61. The maximum atomic E-state index is 6.00. The van der Waals surface area contributed by atoms with E-state index in [0.29, 0.717) is 0 Å². The highest BCUT2D eigenvalue weighted by molar-refractivity contribution is 5.66. The van der Waals surface area contributed by atoms with E-state index in [-0.39, 0.29) is 0 Å². The van der Waals surface area contributed by atoms with Crippen molar-refractivity contribution in [2.24, 2.45) is 5.92 Å². The summed E-state index contributed by atoms with van der Waals surface area (Å²) in [5.74, 6) is 0.925. The van der Waals surface area contributed by atoms with Crippen LogP contribution in [0.25, 0.3) is 0 Å². The lowest BCUT2D eigenvalue weighted by Crippen LogP contribution is -2.30. The van der Waals surface area contributed by atoms with E-state index >= 15 is 0 Å². The molecule has 1 atom stereocenters. The number of hydrogen-bond acceptors (Lipinski definition) is 3. The fourth-order valence-corrected chi connectivity index (χ4v) is 2.71. The van der Waals surface area contributed by atoms with E-state index in [1.807, 2.05) is 7.05 Å². The third-order valence-corrected chi connectivity index (χ3v) is 3.94. The van der Waals surface area contributed by atoms with Crippen LogP contribution in [0.1, 0.15) is 24.8 Å². The molecule has 0 bridgehead atoms. The predicted molar refractivity (Wildman–Crippen MR) is 78.9 cm³/mol. The van der Waals surface area contributed by atoms with Gasteiger partial charge >= 0.3 is 0 Å². The summed E-state index contributed by atoms with van der Waals surface area (Å²) >= 11 is 0. The minimum absolute atomic E-state index is 0.732. The maximum absolute atomic E-state index is 6.00. The van der Waals surface area contributed by atoms with E-state index in [4.69, 9.17) is 5.73 Å². The summed E-state index contributed by atoms with van der Waals surface area (Å²) in [7, 11) is 6.30. The van der Waals surface area contributed by atoms with Crippen LogP contribution in [0.2, 0.25) is 0 Å². The Balaban J connectivity index is 1.94. The van der Waals surface area contributed by atoms with Gasteiger partial charge < -0.3 is 16.0 Å². The van der Waals surface area contributed by atoms with Gasteiger partial charge in [0.1, 0.15) is 0 Å². The minimum atomic E-state index is 0.732. The van der Waals surface area contributed by atoms with E-state index in [2.05, 4.69) is 42.5 Å². The zero-order valence-electron chi connectivity index (χ0n) is 11.7. The molecule has 1 fully saturated rings. The summed E-state index contributed by atoms with van der Waals surface area (Å²) < 4.78 is 0. The van der Waals surface area contributed by atoms with Crippen LogP contribution in [-0.4, -0.2) is 32.1 Å². The molecule has 1 aliphatic carbocycles. The monoisotopic (exact) mass is 247 g/mol. The van der Waals surface area contributed by atoms with Crippen molar-refractivity contribution >= 4 is 11.4 Å². The topological polar surface area (TPSA) is 41.3 Å². The van der Waals surface area contributed by atoms with Crippen LogP contribution < -0.4 is 11.1 Å². The molecule has 1 aromatic rings. The van der Waals surface area contributed by atoms with Gasteiger partial charge in [0, 0.05) is 13.1 Å². The average molecular weight is 247 g/mol.